The maximum Gasteiger partial charge on any atom is 0.338 e. The van der Waals surface area contributed by atoms with Crippen molar-refractivity contribution in [1.82, 2.24) is 4.90 Å². The fourth-order valence-electron chi connectivity index (χ4n) is 2.34. The van der Waals surface area contributed by atoms with Gasteiger partial charge in [0.15, 0.2) is 0 Å². The van der Waals surface area contributed by atoms with E-state index in [0.29, 0.717) is 19.0 Å². The summed E-state index contributed by atoms with van der Waals surface area (Å²) in [6, 6.07) is 4.30. The van der Waals surface area contributed by atoms with Gasteiger partial charge in [-0.2, -0.15) is 0 Å². The molecule has 0 bridgehead atoms. The molecule has 0 radical (unpaired) electrons. The van der Waals surface area contributed by atoms with E-state index in [1.54, 1.807) is 6.07 Å². The van der Waals surface area contributed by atoms with Crippen molar-refractivity contribution in [2.75, 3.05) is 19.6 Å². The van der Waals surface area contributed by atoms with Crippen LogP contribution in [0.1, 0.15) is 22.3 Å². The monoisotopic (exact) mass is 252 g/mol. The highest BCUT2D eigenvalue weighted by Gasteiger charge is 2.21. The average Bonchev–Trinajstić information content (AvgIpc) is 2.76. The zero-order valence-corrected chi connectivity index (χ0v) is 10.1. The predicted molar refractivity (Wildman–Crippen MR) is 65.8 cm³/mol. The summed E-state index contributed by atoms with van der Waals surface area (Å²) in [4.78, 5) is 12.9. The van der Waals surface area contributed by atoms with Crippen LogP contribution in [-0.2, 0) is 6.54 Å². The zero-order chi connectivity index (χ0) is 13.1. The van der Waals surface area contributed by atoms with Gasteiger partial charge in [-0.15, -0.1) is 0 Å². The standard InChI is InChI=1S/C13H17FN2O2/c14-12-5-9(1-2-11(12)13(17)18)7-16-4-3-10(6-15)8-16/h1-2,5,10H,3-4,6-8,15H2,(H,17,18). The number of carboxylic acids is 1. The molecule has 3 N–H and O–H groups in total. The Bertz CT molecular complexity index is 451. The van der Waals surface area contributed by atoms with Gasteiger partial charge in [0.2, 0.25) is 0 Å². The van der Waals surface area contributed by atoms with Crippen LogP contribution >= 0.6 is 0 Å². The number of hydrogen-bond acceptors (Lipinski definition) is 3. The molecule has 0 aliphatic carbocycles. The number of likely N-dealkylation sites (tertiary alicyclic amines) is 1. The zero-order valence-electron chi connectivity index (χ0n) is 10.1. The van der Waals surface area contributed by atoms with Crippen molar-refractivity contribution >= 4 is 5.97 Å². The lowest BCUT2D eigenvalue weighted by molar-refractivity contribution is 0.0692. The Kier molecular flexibility index (Phi) is 3.93. The molecule has 1 saturated heterocycles. The fraction of sp³-hybridized carbons (Fsp3) is 0.462. The summed E-state index contributed by atoms with van der Waals surface area (Å²) in [6.07, 6.45) is 1.08. The fourth-order valence-corrected chi connectivity index (χ4v) is 2.34. The molecule has 0 spiro atoms. The van der Waals surface area contributed by atoms with Crippen LogP contribution in [0.25, 0.3) is 0 Å². The highest BCUT2D eigenvalue weighted by Crippen LogP contribution is 2.19. The Labute approximate surface area is 105 Å². The van der Waals surface area contributed by atoms with Crippen LogP contribution < -0.4 is 5.73 Å². The summed E-state index contributed by atoms with van der Waals surface area (Å²) in [5, 5.41) is 8.74. The van der Waals surface area contributed by atoms with Crippen molar-refractivity contribution in [1.29, 1.82) is 0 Å². The van der Waals surface area contributed by atoms with E-state index in [0.717, 1.165) is 25.1 Å². The number of carboxylic acid groups (broad SMARTS) is 1. The highest BCUT2D eigenvalue weighted by atomic mass is 19.1. The summed E-state index contributed by atoms with van der Waals surface area (Å²) < 4.78 is 13.5. The van der Waals surface area contributed by atoms with Gasteiger partial charge in [-0.3, -0.25) is 4.90 Å². The molecule has 4 nitrogen and oxygen atoms in total. The van der Waals surface area contributed by atoms with Gasteiger partial charge in [0.1, 0.15) is 5.82 Å². The van der Waals surface area contributed by atoms with Gasteiger partial charge in [-0.1, -0.05) is 6.07 Å². The Hall–Kier alpha value is -1.46. The maximum absolute atomic E-state index is 13.5. The van der Waals surface area contributed by atoms with Crippen LogP contribution in [0.15, 0.2) is 18.2 Å². The average molecular weight is 252 g/mol. The van der Waals surface area contributed by atoms with E-state index in [1.165, 1.54) is 12.1 Å². The molecule has 1 unspecified atom stereocenters. The summed E-state index contributed by atoms with van der Waals surface area (Å²) in [7, 11) is 0. The van der Waals surface area contributed by atoms with Gasteiger partial charge in [0.25, 0.3) is 0 Å². The number of nitrogens with zero attached hydrogens (tertiary/aromatic N) is 1. The van der Waals surface area contributed by atoms with E-state index >= 15 is 0 Å². The molecule has 1 aromatic rings. The third-order valence-electron chi connectivity index (χ3n) is 3.37. The van der Waals surface area contributed by atoms with Crippen molar-refractivity contribution in [3.63, 3.8) is 0 Å². The summed E-state index contributed by atoms with van der Waals surface area (Å²) in [6.45, 7) is 3.22. The molecule has 1 heterocycles. The van der Waals surface area contributed by atoms with Crippen molar-refractivity contribution in [3.8, 4) is 0 Å². The Morgan fingerprint density at radius 1 is 1.56 bits per heavy atom. The minimum absolute atomic E-state index is 0.278. The topological polar surface area (TPSA) is 66.6 Å². The van der Waals surface area contributed by atoms with Gasteiger partial charge in [0.05, 0.1) is 5.56 Å². The number of halogens is 1. The molecular weight excluding hydrogens is 235 g/mol. The Morgan fingerprint density at radius 2 is 2.33 bits per heavy atom. The van der Waals surface area contributed by atoms with E-state index in [4.69, 9.17) is 10.8 Å². The quantitative estimate of drug-likeness (QED) is 0.847. The Morgan fingerprint density at radius 3 is 2.89 bits per heavy atom. The number of nitrogens with two attached hydrogens (primary N) is 1. The minimum atomic E-state index is -1.23. The molecule has 1 atom stereocenters. The van der Waals surface area contributed by atoms with E-state index in [-0.39, 0.29) is 5.56 Å². The van der Waals surface area contributed by atoms with E-state index in [9.17, 15) is 9.18 Å². The van der Waals surface area contributed by atoms with Crippen LogP contribution in [0.5, 0.6) is 0 Å². The number of benzene rings is 1. The number of rotatable bonds is 4. The number of carbonyl (C=O) groups is 1. The first kappa shape index (κ1) is 13.0. The van der Waals surface area contributed by atoms with Gasteiger partial charge in [-0.25, -0.2) is 9.18 Å². The van der Waals surface area contributed by atoms with Crippen molar-refractivity contribution in [2.24, 2.45) is 11.7 Å². The van der Waals surface area contributed by atoms with Crippen molar-refractivity contribution in [3.05, 3.63) is 35.1 Å². The predicted octanol–water partition coefficient (Wildman–Crippen LogP) is 1.30. The normalized spacial score (nSPS) is 20.2. The number of hydrogen-bond donors (Lipinski definition) is 2. The third-order valence-corrected chi connectivity index (χ3v) is 3.37. The second-order valence-electron chi connectivity index (χ2n) is 4.74. The van der Waals surface area contributed by atoms with Crippen LogP contribution in [0.2, 0.25) is 0 Å². The highest BCUT2D eigenvalue weighted by molar-refractivity contribution is 5.87. The van der Waals surface area contributed by atoms with Crippen molar-refractivity contribution < 1.29 is 14.3 Å². The van der Waals surface area contributed by atoms with Gasteiger partial charge < -0.3 is 10.8 Å². The lowest BCUT2D eigenvalue weighted by Gasteiger charge is -2.15. The van der Waals surface area contributed by atoms with Crippen LogP contribution in [0.4, 0.5) is 4.39 Å². The molecule has 1 aliphatic heterocycles. The first-order valence-electron chi connectivity index (χ1n) is 6.04. The summed E-state index contributed by atoms with van der Waals surface area (Å²) in [5.74, 6) is -1.38. The van der Waals surface area contributed by atoms with Crippen LogP contribution in [0, 0.1) is 11.7 Å². The molecule has 5 heteroatoms. The third kappa shape index (κ3) is 2.86. The van der Waals surface area contributed by atoms with Gasteiger partial charge in [-0.05, 0) is 43.1 Å². The lowest BCUT2D eigenvalue weighted by atomic mass is 10.1. The molecule has 98 valence electrons. The lowest BCUT2D eigenvalue weighted by Crippen LogP contribution is -2.22. The summed E-state index contributed by atoms with van der Waals surface area (Å²) in [5.41, 5.74) is 6.14. The number of aromatic carboxylic acids is 1. The largest absolute Gasteiger partial charge is 0.478 e. The first-order valence-corrected chi connectivity index (χ1v) is 6.04. The van der Waals surface area contributed by atoms with Gasteiger partial charge in [0, 0.05) is 13.1 Å². The molecule has 0 amide bonds. The Balaban J connectivity index is 2.02. The molecule has 0 aromatic heterocycles. The van der Waals surface area contributed by atoms with Crippen molar-refractivity contribution in [2.45, 2.75) is 13.0 Å². The molecule has 1 fully saturated rings. The van der Waals surface area contributed by atoms with Crippen LogP contribution in [-0.4, -0.2) is 35.6 Å². The van der Waals surface area contributed by atoms with E-state index < -0.39 is 11.8 Å². The molecule has 0 saturated carbocycles. The molecule has 1 aliphatic rings. The minimum Gasteiger partial charge on any atom is -0.478 e. The molecule has 1 aromatic carbocycles. The van der Waals surface area contributed by atoms with E-state index in [2.05, 4.69) is 4.90 Å². The maximum atomic E-state index is 13.5. The van der Waals surface area contributed by atoms with Crippen LogP contribution in [0.3, 0.4) is 0 Å². The first-order chi connectivity index (χ1) is 8.60. The second-order valence-corrected chi connectivity index (χ2v) is 4.74. The SMILES string of the molecule is NCC1CCN(Cc2ccc(C(=O)O)c(F)c2)C1. The molecule has 2 rings (SSSR count). The summed E-state index contributed by atoms with van der Waals surface area (Å²) >= 11 is 0. The van der Waals surface area contributed by atoms with E-state index in [1.807, 2.05) is 0 Å². The smallest absolute Gasteiger partial charge is 0.338 e. The van der Waals surface area contributed by atoms with Gasteiger partial charge >= 0.3 is 5.97 Å². The molecular formula is C13H17FN2O2. The second kappa shape index (κ2) is 5.46. The molecule has 18 heavy (non-hydrogen) atoms.